The molecule has 1 atom stereocenters. The van der Waals surface area contributed by atoms with Crippen molar-refractivity contribution in [2.45, 2.75) is 55.7 Å². The summed E-state index contributed by atoms with van der Waals surface area (Å²) in [6, 6.07) is 3.33. The molecule has 3 N–H and O–H groups in total. The lowest BCUT2D eigenvalue weighted by molar-refractivity contribution is -0.121. The van der Waals surface area contributed by atoms with Crippen molar-refractivity contribution in [1.29, 1.82) is 0 Å². The lowest BCUT2D eigenvalue weighted by atomic mass is 10.1. The van der Waals surface area contributed by atoms with E-state index in [9.17, 15) is 13.2 Å². The molecule has 1 amide bonds. The molecular weight excluding hydrogens is 382 g/mol. The SMILES string of the molecule is CCCCC(CN)NC(=O)Cc1ccc(S(=O)(=O)N2CCCC2)s1.Cl. The summed E-state index contributed by atoms with van der Waals surface area (Å²) in [4.78, 5) is 12.9. The second-order valence-corrected chi connectivity index (χ2v) is 9.48. The lowest BCUT2D eigenvalue weighted by Gasteiger charge is -2.16. The van der Waals surface area contributed by atoms with Gasteiger partial charge in [-0.25, -0.2) is 8.42 Å². The molecule has 1 unspecified atom stereocenters. The Bertz CT molecular complexity index is 643. The van der Waals surface area contributed by atoms with E-state index in [4.69, 9.17) is 5.73 Å². The molecule has 1 aliphatic rings. The number of rotatable bonds is 9. The van der Waals surface area contributed by atoms with E-state index in [2.05, 4.69) is 12.2 Å². The van der Waals surface area contributed by atoms with Gasteiger partial charge in [-0.3, -0.25) is 4.79 Å². The number of hydrogen-bond acceptors (Lipinski definition) is 5. The molecule has 1 aromatic heterocycles. The van der Waals surface area contributed by atoms with Crippen LogP contribution in [0, 0.1) is 0 Å². The van der Waals surface area contributed by atoms with Crippen molar-refractivity contribution >= 4 is 39.7 Å². The number of halogens is 1. The first-order valence-electron chi connectivity index (χ1n) is 8.55. The van der Waals surface area contributed by atoms with Crippen LogP contribution in [0.15, 0.2) is 16.3 Å². The summed E-state index contributed by atoms with van der Waals surface area (Å²) in [5, 5.41) is 2.94. The summed E-state index contributed by atoms with van der Waals surface area (Å²) in [6.45, 7) is 3.70. The highest BCUT2D eigenvalue weighted by Crippen LogP contribution is 2.27. The van der Waals surface area contributed by atoms with Crippen LogP contribution in [0.25, 0.3) is 0 Å². The maximum atomic E-state index is 12.5. The van der Waals surface area contributed by atoms with Crippen LogP contribution < -0.4 is 11.1 Å². The van der Waals surface area contributed by atoms with Crippen molar-refractivity contribution in [3.8, 4) is 0 Å². The largest absolute Gasteiger partial charge is 0.352 e. The first-order chi connectivity index (χ1) is 11.5. The number of thiophene rings is 1. The molecule has 0 radical (unpaired) electrons. The number of carbonyl (C=O) groups is 1. The third-order valence-corrected chi connectivity index (χ3v) is 7.64. The first-order valence-corrected chi connectivity index (χ1v) is 10.8. The average Bonchev–Trinajstić information content (AvgIpc) is 3.23. The average molecular weight is 410 g/mol. The summed E-state index contributed by atoms with van der Waals surface area (Å²) in [5.74, 6) is -0.103. The van der Waals surface area contributed by atoms with Gasteiger partial charge < -0.3 is 11.1 Å². The van der Waals surface area contributed by atoms with E-state index in [1.165, 1.54) is 15.6 Å². The second kappa shape index (κ2) is 10.5. The third-order valence-electron chi connectivity index (χ3n) is 4.19. The van der Waals surface area contributed by atoms with Gasteiger partial charge in [-0.1, -0.05) is 19.8 Å². The van der Waals surface area contributed by atoms with E-state index in [1.54, 1.807) is 12.1 Å². The zero-order valence-electron chi connectivity index (χ0n) is 14.6. The minimum atomic E-state index is -3.39. The molecule has 6 nitrogen and oxygen atoms in total. The van der Waals surface area contributed by atoms with E-state index in [-0.39, 0.29) is 30.8 Å². The van der Waals surface area contributed by atoms with Crippen LogP contribution in [0.2, 0.25) is 0 Å². The summed E-state index contributed by atoms with van der Waals surface area (Å²) in [5.41, 5.74) is 5.69. The highest BCUT2D eigenvalue weighted by molar-refractivity contribution is 7.91. The van der Waals surface area contributed by atoms with Crippen molar-refractivity contribution in [1.82, 2.24) is 9.62 Å². The molecular formula is C16H28ClN3O3S2. The highest BCUT2D eigenvalue weighted by atomic mass is 35.5. The number of sulfonamides is 1. The van der Waals surface area contributed by atoms with Gasteiger partial charge in [-0.2, -0.15) is 4.31 Å². The molecule has 0 aromatic carbocycles. The molecule has 0 bridgehead atoms. The first kappa shape index (κ1) is 22.4. The molecule has 0 aliphatic carbocycles. The summed E-state index contributed by atoms with van der Waals surface area (Å²) in [6.07, 6.45) is 4.99. The zero-order chi connectivity index (χ0) is 17.6. The van der Waals surface area contributed by atoms with Crippen molar-refractivity contribution in [3.63, 3.8) is 0 Å². The summed E-state index contributed by atoms with van der Waals surface area (Å²) < 4.78 is 26.8. The molecule has 144 valence electrons. The number of amides is 1. The van der Waals surface area contributed by atoms with Gasteiger partial charge in [0, 0.05) is 30.6 Å². The molecule has 1 saturated heterocycles. The van der Waals surface area contributed by atoms with Gasteiger partial charge in [0.2, 0.25) is 5.91 Å². The Morgan fingerprint density at radius 3 is 2.64 bits per heavy atom. The normalized spacial score (nSPS) is 16.4. The molecule has 1 aromatic rings. The van der Waals surface area contributed by atoms with Crippen LogP contribution >= 0.6 is 23.7 Å². The van der Waals surface area contributed by atoms with E-state index in [0.29, 0.717) is 23.8 Å². The van der Waals surface area contributed by atoms with Crippen LogP contribution in [0.4, 0.5) is 0 Å². The minimum absolute atomic E-state index is 0. The minimum Gasteiger partial charge on any atom is -0.352 e. The van der Waals surface area contributed by atoms with Crippen LogP contribution in [0.1, 0.15) is 43.9 Å². The Balaban J connectivity index is 0.00000312. The van der Waals surface area contributed by atoms with E-state index >= 15 is 0 Å². The molecule has 2 heterocycles. The Morgan fingerprint density at radius 2 is 2.04 bits per heavy atom. The third kappa shape index (κ3) is 6.21. The van der Waals surface area contributed by atoms with Gasteiger partial charge in [0.25, 0.3) is 10.0 Å². The molecule has 1 fully saturated rings. The molecule has 2 rings (SSSR count). The highest BCUT2D eigenvalue weighted by Gasteiger charge is 2.28. The molecule has 25 heavy (non-hydrogen) atoms. The summed E-state index contributed by atoms with van der Waals surface area (Å²) in [7, 11) is -3.39. The number of carbonyl (C=O) groups excluding carboxylic acids is 1. The van der Waals surface area contributed by atoms with Crippen LogP contribution in [-0.4, -0.2) is 44.3 Å². The topological polar surface area (TPSA) is 92.5 Å². The van der Waals surface area contributed by atoms with Gasteiger partial charge in [-0.15, -0.1) is 23.7 Å². The molecule has 9 heteroatoms. The molecule has 0 spiro atoms. The van der Waals surface area contributed by atoms with Crippen molar-refractivity contribution in [3.05, 3.63) is 17.0 Å². The van der Waals surface area contributed by atoms with Gasteiger partial charge in [0.05, 0.1) is 6.42 Å². The van der Waals surface area contributed by atoms with Gasteiger partial charge >= 0.3 is 0 Å². The van der Waals surface area contributed by atoms with Crippen molar-refractivity contribution < 1.29 is 13.2 Å². The lowest BCUT2D eigenvalue weighted by Crippen LogP contribution is -2.40. The van der Waals surface area contributed by atoms with Crippen LogP contribution in [0.3, 0.4) is 0 Å². The number of hydrogen-bond donors (Lipinski definition) is 2. The standard InChI is InChI=1S/C16H27N3O3S2.ClH/c1-2-3-6-13(12-17)18-15(20)11-14-7-8-16(23-14)24(21,22)19-9-4-5-10-19;/h7-8,13H,2-6,9-12,17H2,1H3,(H,18,20);1H. The fourth-order valence-electron chi connectivity index (χ4n) is 2.78. The quantitative estimate of drug-likeness (QED) is 0.653. The Morgan fingerprint density at radius 1 is 1.36 bits per heavy atom. The van der Waals surface area contributed by atoms with E-state index < -0.39 is 10.0 Å². The Labute approximate surface area is 160 Å². The van der Waals surface area contributed by atoms with Gasteiger partial charge in [-0.05, 0) is 31.4 Å². The maximum Gasteiger partial charge on any atom is 0.252 e. The second-order valence-electron chi connectivity index (χ2n) is 6.15. The Hall–Kier alpha value is -0.670. The van der Waals surface area contributed by atoms with E-state index in [0.717, 1.165) is 37.0 Å². The smallest absolute Gasteiger partial charge is 0.252 e. The van der Waals surface area contributed by atoms with Crippen LogP contribution in [0.5, 0.6) is 0 Å². The van der Waals surface area contributed by atoms with Gasteiger partial charge in [0.15, 0.2) is 0 Å². The molecule has 0 saturated carbocycles. The van der Waals surface area contributed by atoms with E-state index in [1.807, 2.05) is 0 Å². The number of nitrogens with two attached hydrogens (primary N) is 1. The number of unbranched alkanes of at least 4 members (excludes halogenated alkanes) is 1. The predicted molar refractivity (Wildman–Crippen MR) is 104 cm³/mol. The fourth-order valence-corrected chi connectivity index (χ4v) is 5.81. The predicted octanol–water partition coefficient (Wildman–Crippen LogP) is 2.13. The van der Waals surface area contributed by atoms with Crippen LogP contribution in [-0.2, 0) is 21.2 Å². The van der Waals surface area contributed by atoms with Crippen molar-refractivity contribution in [2.24, 2.45) is 5.73 Å². The number of nitrogens with zero attached hydrogens (tertiary/aromatic N) is 1. The maximum absolute atomic E-state index is 12.5. The molecule has 1 aliphatic heterocycles. The number of nitrogens with one attached hydrogen (secondary N) is 1. The fraction of sp³-hybridized carbons (Fsp3) is 0.688. The monoisotopic (exact) mass is 409 g/mol. The van der Waals surface area contributed by atoms with Gasteiger partial charge in [0.1, 0.15) is 4.21 Å². The zero-order valence-corrected chi connectivity index (χ0v) is 17.0. The van der Waals surface area contributed by atoms with Crippen molar-refractivity contribution in [2.75, 3.05) is 19.6 Å². The Kier molecular flexibility index (Phi) is 9.37. The summed E-state index contributed by atoms with van der Waals surface area (Å²) >= 11 is 1.19.